The molecule has 0 aliphatic carbocycles. The molecule has 140 valence electrons. The average Bonchev–Trinajstić information content (AvgIpc) is 2.60. The molecule has 0 amide bonds. The first kappa shape index (κ1) is 23.1. The van der Waals surface area contributed by atoms with Crippen molar-refractivity contribution in [1.29, 1.82) is 0 Å². The summed E-state index contributed by atoms with van der Waals surface area (Å²) in [6.45, 7) is 12.7. The molecule has 0 aromatic heterocycles. The minimum absolute atomic E-state index is 0.326. The Bertz CT molecular complexity index is 255. The molecular weight excluding hydrogens is 306 g/mol. The Balaban J connectivity index is 5.75. The van der Waals surface area contributed by atoms with E-state index in [-0.39, 0.29) is 0 Å². The van der Waals surface area contributed by atoms with Crippen LogP contribution in [0.5, 0.6) is 0 Å². The van der Waals surface area contributed by atoms with Crippen LogP contribution in [0.1, 0.15) is 72.6 Å². The summed E-state index contributed by atoms with van der Waals surface area (Å²) in [5.41, 5.74) is 0.326. The van der Waals surface area contributed by atoms with Gasteiger partial charge in [-0.1, -0.05) is 47.0 Å². The summed E-state index contributed by atoms with van der Waals surface area (Å²) < 4.78 is 18.8. The van der Waals surface area contributed by atoms with E-state index < -0.39 is 8.80 Å². The van der Waals surface area contributed by atoms with Crippen molar-refractivity contribution in [2.24, 2.45) is 0 Å². The molecule has 0 rings (SSSR count). The number of rotatable bonds is 15. The van der Waals surface area contributed by atoms with Gasteiger partial charge in [-0.2, -0.15) is 0 Å². The first-order valence-electron chi connectivity index (χ1n) is 9.57. The van der Waals surface area contributed by atoms with E-state index in [1.54, 1.807) is 21.3 Å². The van der Waals surface area contributed by atoms with Crippen molar-refractivity contribution < 1.29 is 17.8 Å². The molecule has 0 aliphatic heterocycles. The summed E-state index contributed by atoms with van der Waals surface area (Å²) in [5, 5.41) is 0. The smallest absolute Gasteiger partial charge is 0.373 e. The Hall–Kier alpha value is 0.0569. The van der Waals surface area contributed by atoms with Crippen LogP contribution in [-0.4, -0.2) is 59.9 Å². The van der Waals surface area contributed by atoms with Gasteiger partial charge in [0, 0.05) is 27.8 Å². The third-order valence-corrected chi connectivity index (χ3v) is 8.66. The molecule has 0 heterocycles. The predicted molar refractivity (Wildman–Crippen MR) is 100 cm³/mol. The maximum Gasteiger partial charge on any atom is 0.561 e. The first-order valence-corrected chi connectivity index (χ1v) is 11.4. The predicted octanol–water partition coefficient (Wildman–Crippen LogP) is 4.40. The normalized spacial score (nSPS) is 14.2. The van der Waals surface area contributed by atoms with Crippen molar-refractivity contribution in [3.63, 3.8) is 0 Å². The monoisotopic (exact) mass is 348 g/mol. The lowest BCUT2D eigenvalue weighted by Crippen LogP contribution is -2.70. The van der Waals surface area contributed by atoms with Gasteiger partial charge in [-0.05, 0) is 19.3 Å². The van der Waals surface area contributed by atoms with Crippen molar-refractivity contribution in [1.82, 2.24) is 0 Å². The second-order valence-electron chi connectivity index (χ2n) is 6.59. The fourth-order valence-electron chi connectivity index (χ4n) is 3.85. The van der Waals surface area contributed by atoms with Crippen LogP contribution in [0.15, 0.2) is 0 Å². The topological polar surface area (TPSA) is 27.7 Å². The van der Waals surface area contributed by atoms with Crippen LogP contribution in [0, 0.1) is 0 Å². The van der Waals surface area contributed by atoms with Crippen LogP contribution in [0.25, 0.3) is 0 Å². The quantitative estimate of drug-likeness (QED) is 0.324. The SMILES string of the molecule is CCCC[N+](CCCC)(CCCC)C(CC)[Si](OC)(OC)OC. The second kappa shape index (κ2) is 12.4. The molecule has 23 heavy (non-hydrogen) atoms. The van der Waals surface area contributed by atoms with E-state index in [0.717, 1.165) is 10.9 Å². The van der Waals surface area contributed by atoms with Gasteiger partial charge in [0.2, 0.25) is 0 Å². The van der Waals surface area contributed by atoms with Crippen LogP contribution in [-0.2, 0) is 13.3 Å². The Morgan fingerprint density at radius 3 is 1.26 bits per heavy atom. The second-order valence-corrected chi connectivity index (χ2v) is 9.69. The van der Waals surface area contributed by atoms with E-state index >= 15 is 0 Å². The van der Waals surface area contributed by atoms with E-state index in [1.165, 1.54) is 58.2 Å². The van der Waals surface area contributed by atoms with Crippen molar-refractivity contribution in [3.05, 3.63) is 0 Å². The highest BCUT2D eigenvalue weighted by molar-refractivity contribution is 6.62. The van der Waals surface area contributed by atoms with Crippen molar-refractivity contribution in [2.45, 2.75) is 78.3 Å². The van der Waals surface area contributed by atoms with Gasteiger partial charge in [0.15, 0.2) is 5.67 Å². The molecule has 0 saturated carbocycles. The molecule has 1 unspecified atom stereocenters. The molecule has 0 spiro atoms. The van der Waals surface area contributed by atoms with Gasteiger partial charge in [0.25, 0.3) is 0 Å². The number of unbranched alkanes of at least 4 members (excludes halogenated alkanes) is 3. The Kier molecular flexibility index (Phi) is 12.5. The van der Waals surface area contributed by atoms with Crippen LogP contribution >= 0.6 is 0 Å². The molecule has 0 fully saturated rings. The maximum absolute atomic E-state index is 5.91. The summed E-state index contributed by atoms with van der Waals surface area (Å²) in [6, 6.07) is 0. The van der Waals surface area contributed by atoms with E-state index in [0.29, 0.717) is 5.67 Å². The molecule has 0 radical (unpaired) electrons. The molecule has 0 bridgehead atoms. The highest BCUT2D eigenvalue weighted by Crippen LogP contribution is 2.30. The molecule has 5 heteroatoms. The Morgan fingerprint density at radius 2 is 1.04 bits per heavy atom. The van der Waals surface area contributed by atoms with E-state index in [1.807, 2.05) is 0 Å². The Morgan fingerprint density at radius 1 is 0.696 bits per heavy atom. The average molecular weight is 349 g/mol. The van der Waals surface area contributed by atoms with Gasteiger partial charge in [-0.15, -0.1) is 0 Å². The minimum Gasteiger partial charge on any atom is -0.373 e. The first-order chi connectivity index (χ1) is 11.1. The molecule has 0 aromatic carbocycles. The van der Waals surface area contributed by atoms with Crippen molar-refractivity contribution >= 4 is 8.80 Å². The summed E-state index contributed by atoms with van der Waals surface area (Å²) in [6.07, 6.45) is 8.50. The highest BCUT2D eigenvalue weighted by Gasteiger charge is 2.57. The third kappa shape index (κ3) is 6.13. The fourth-order valence-corrected chi connectivity index (χ4v) is 6.73. The summed E-state index contributed by atoms with van der Waals surface area (Å²) in [7, 11) is 2.62. The minimum atomic E-state index is -2.66. The van der Waals surface area contributed by atoms with Gasteiger partial charge in [0.1, 0.15) is 0 Å². The lowest BCUT2D eigenvalue weighted by molar-refractivity contribution is -0.943. The van der Waals surface area contributed by atoms with Crippen LogP contribution in [0.4, 0.5) is 0 Å². The zero-order chi connectivity index (χ0) is 17.8. The molecule has 4 nitrogen and oxygen atoms in total. The molecule has 0 saturated heterocycles. The van der Waals surface area contributed by atoms with Gasteiger partial charge >= 0.3 is 8.80 Å². The molecule has 0 aromatic rings. The van der Waals surface area contributed by atoms with E-state index in [9.17, 15) is 0 Å². The van der Waals surface area contributed by atoms with E-state index in [2.05, 4.69) is 27.7 Å². The van der Waals surface area contributed by atoms with Gasteiger partial charge < -0.3 is 17.8 Å². The molecular formula is C18H42NO3Si+. The van der Waals surface area contributed by atoms with Crippen LogP contribution in [0.3, 0.4) is 0 Å². The van der Waals surface area contributed by atoms with E-state index in [4.69, 9.17) is 13.3 Å². The fraction of sp³-hybridized carbons (Fsp3) is 1.00. The summed E-state index contributed by atoms with van der Waals surface area (Å²) >= 11 is 0. The van der Waals surface area contributed by atoms with Crippen molar-refractivity contribution in [3.8, 4) is 0 Å². The maximum atomic E-state index is 5.91. The number of quaternary nitrogens is 1. The number of hydrogen-bond donors (Lipinski definition) is 0. The highest BCUT2D eigenvalue weighted by atomic mass is 28.4. The Labute approximate surface area is 146 Å². The zero-order valence-corrected chi connectivity index (χ0v) is 17.8. The molecule has 0 aliphatic rings. The van der Waals surface area contributed by atoms with Crippen molar-refractivity contribution in [2.75, 3.05) is 41.0 Å². The number of nitrogens with zero attached hydrogens (tertiary/aromatic N) is 1. The van der Waals surface area contributed by atoms with Gasteiger partial charge in [-0.3, -0.25) is 0 Å². The summed E-state index contributed by atoms with van der Waals surface area (Å²) in [5.74, 6) is 0. The van der Waals surface area contributed by atoms with Crippen LogP contribution < -0.4 is 0 Å². The largest absolute Gasteiger partial charge is 0.561 e. The molecule has 0 N–H and O–H groups in total. The lowest BCUT2D eigenvalue weighted by Gasteiger charge is -2.49. The summed E-state index contributed by atoms with van der Waals surface area (Å²) in [4.78, 5) is 0. The zero-order valence-electron chi connectivity index (χ0n) is 16.8. The lowest BCUT2D eigenvalue weighted by atomic mass is 10.1. The molecule has 1 atom stereocenters. The standard InChI is InChI=1S/C18H42NO3Si/c1-8-12-15-19(16-13-9-2,17-14-10-3)18(11-4)23(20-5,21-6)22-7/h18H,8-17H2,1-7H3/q+1. The third-order valence-electron chi connectivity index (χ3n) is 5.18. The van der Waals surface area contributed by atoms with Gasteiger partial charge in [-0.25, -0.2) is 0 Å². The van der Waals surface area contributed by atoms with Gasteiger partial charge in [0.05, 0.1) is 19.6 Å². The van der Waals surface area contributed by atoms with Crippen LogP contribution in [0.2, 0.25) is 0 Å². The number of hydrogen-bond acceptors (Lipinski definition) is 3.